The molecule has 0 nitrogen and oxygen atoms in total. The fourth-order valence-electron chi connectivity index (χ4n) is 2.28. The van der Waals surface area contributed by atoms with Crippen molar-refractivity contribution in [2.45, 2.75) is 58.8 Å². The van der Waals surface area contributed by atoms with Crippen LogP contribution in [0.5, 0.6) is 0 Å². The lowest BCUT2D eigenvalue weighted by molar-refractivity contribution is 0.305. The zero-order valence-corrected chi connectivity index (χ0v) is 8.10. The van der Waals surface area contributed by atoms with E-state index in [1.165, 1.54) is 44.9 Å². The summed E-state index contributed by atoms with van der Waals surface area (Å²) < 4.78 is 0. The SMILES string of the molecule is CCC1CCCCC[C@H](C)C1. The summed E-state index contributed by atoms with van der Waals surface area (Å²) >= 11 is 0. The molecule has 1 aliphatic carbocycles. The molecule has 1 fully saturated rings. The van der Waals surface area contributed by atoms with E-state index < -0.39 is 0 Å². The lowest BCUT2D eigenvalue weighted by Gasteiger charge is -2.22. The maximum atomic E-state index is 2.42. The molecule has 0 spiro atoms. The maximum Gasteiger partial charge on any atom is -0.0414 e. The van der Waals surface area contributed by atoms with Crippen LogP contribution in [0, 0.1) is 11.8 Å². The average Bonchev–Trinajstić information content (AvgIpc) is 1.96. The molecular weight excluding hydrogens is 132 g/mol. The third kappa shape index (κ3) is 3.27. The molecule has 66 valence electrons. The van der Waals surface area contributed by atoms with Crippen molar-refractivity contribution in [2.75, 3.05) is 0 Å². The monoisotopic (exact) mass is 154 g/mol. The van der Waals surface area contributed by atoms with Crippen LogP contribution >= 0.6 is 0 Å². The van der Waals surface area contributed by atoms with Gasteiger partial charge >= 0.3 is 0 Å². The molecule has 0 N–H and O–H groups in total. The summed E-state index contributed by atoms with van der Waals surface area (Å²) in [5.74, 6) is 2.05. The molecule has 1 unspecified atom stereocenters. The Morgan fingerprint density at radius 3 is 2.55 bits per heavy atom. The summed E-state index contributed by atoms with van der Waals surface area (Å²) in [6.07, 6.45) is 10.3. The second-order valence-corrected chi connectivity index (χ2v) is 4.25. The van der Waals surface area contributed by atoms with Crippen molar-refractivity contribution in [1.29, 1.82) is 0 Å². The minimum absolute atomic E-state index is 1.00. The Balaban J connectivity index is 2.29. The van der Waals surface area contributed by atoms with Crippen LogP contribution in [-0.4, -0.2) is 0 Å². The normalized spacial score (nSPS) is 34.4. The molecule has 0 amide bonds. The van der Waals surface area contributed by atoms with Crippen molar-refractivity contribution >= 4 is 0 Å². The Morgan fingerprint density at radius 2 is 1.82 bits per heavy atom. The van der Waals surface area contributed by atoms with Gasteiger partial charge in [0.1, 0.15) is 0 Å². The molecule has 11 heavy (non-hydrogen) atoms. The molecule has 0 heteroatoms. The standard InChI is InChI=1S/C11H22/c1-3-11-8-6-4-5-7-10(2)9-11/h10-11H,3-9H2,1-2H3/t10-,11?/m0/s1. The van der Waals surface area contributed by atoms with E-state index in [4.69, 9.17) is 0 Å². The zero-order chi connectivity index (χ0) is 8.10. The van der Waals surface area contributed by atoms with Gasteiger partial charge in [-0.05, 0) is 18.3 Å². The Kier molecular flexibility index (Phi) is 3.96. The van der Waals surface area contributed by atoms with Crippen LogP contribution in [0.3, 0.4) is 0 Å². The van der Waals surface area contributed by atoms with Crippen molar-refractivity contribution in [1.82, 2.24) is 0 Å². The summed E-state index contributed by atoms with van der Waals surface area (Å²) in [5.41, 5.74) is 0. The van der Waals surface area contributed by atoms with Gasteiger partial charge in [-0.1, -0.05) is 52.4 Å². The van der Waals surface area contributed by atoms with E-state index in [1.54, 1.807) is 0 Å². The van der Waals surface area contributed by atoms with E-state index in [0.717, 1.165) is 11.8 Å². The predicted molar refractivity (Wildman–Crippen MR) is 50.6 cm³/mol. The maximum absolute atomic E-state index is 2.42. The summed E-state index contributed by atoms with van der Waals surface area (Å²) in [4.78, 5) is 0. The number of hydrogen-bond donors (Lipinski definition) is 0. The van der Waals surface area contributed by atoms with Gasteiger partial charge in [-0.15, -0.1) is 0 Å². The molecule has 0 aromatic carbocycles. The fraction of sp³-hybridized carbons (Fsp3) is 1.00. The molecule has 0 saturated heterocycles. The van der Waals surface area contributed by atoms with Gasteiger partial charge in [-0.25, -0.2) is 0 Å². The molecular formula is C11H22. The van der Waals surface area contributed by atoms with Crippen molar-refractivity contribution in [3.8, 4) is 0 Å². The summed E-state index contributed by atoms with van der Waals surface area (Å²) in [6, 6.07) is 0. The first kappa shape index (κ1) is 9.09. The predicted octanol–water partition coefficient (Wildman–Crippen LogP) is 4.00. The van der Waals surface area contributed by atoms with Gasteiger partial charge in [0, 0.05) is 0 Å². The second-order valence-electron chi connectivity index (χ2n) is 4.25. The van der Waals surface area contributed by atoms with E-state index in [-0.39, 0.29) is 0 Å². The molecule has 1 aliphatic rings. The van der Waals surface area contributed by atoms with Crippen molar-refractivity contribution in [2.24, 2.45) is 11.8 Å². The lowest BCUT2D eigenvalue weighted by atomic mass is 9.84. The molecule has 0 aromatic heterocycles. The van der Waals surface area contributed by atoms with Crippen LogP contribution < -0.4 is 0 Å². The van der Waals surface area contributed by atoms with Gasteiger partial charge < -0.3 is 0 Å². The van der Waals surface area contributed by atoms with Gasteiger partial charge in [0.15, 0.2) is 0 Å². The number of rotatable bonds is 1. The minimum Gasteiger partial charge on any atom is -0.0651 e. The molecule has 0 bridgehead atoms. The average molecular weight is 154 g/mol. The Morgan fingerprint density at radius 1 is 1.09 bits per heavy atom. The van der Waals surface area contributed by atoms with Gasteiger partial charge in [0.2, 0.25) is 0 Å². The Hall–Kier alpha value is 0. The molecule has 2 atom stereocenters. The van der Waals surface area contributed by atoms with E-state index in [0.29, 0.717) is 0 Å². The van der Waals surface area contributed by atoms with E-state index in [2.05, 4.69) is 13.8 Å². The molecule has 1 saturated carbocycles. The molecule has 0 aromatic rings. The van der Waals surface area contributed by atoms with Crippen LogP contribution in [0.2, 0.25) is 0 Å². The number of hydrogen-bond acceptors (Lipinski definition) is 0. The summed E-state index contributed by atoms with van der Waals surface area (Å²) in [7, 11) is 0. The van der Waals surface area contributed by atoms with Crippen LogP contribution in [0.25, 0.3) is 0 Å². The van der Waals surface area contributed by atoms with E-state index >= 15 is 0 Å². The highest BCUT2D eigenvalue weighted by atomic mass is 14.2. The van der Waals surface area contributed by atoms with Crippen LogP contribution in [0.4, 0.5) is 0 Å². The van der Waals surface area contributed by atoms with Gasteiger partial charge in [-0.3, -0.25) is 0 Å². The molecule has 1 rings (SSSR count). The van der Waals surface area contributed by atoms with Crippen LogP contribution in [-0.2, 0) is 0 Å². The van der Waals surface area contributed by atoms with Crippen molar-refractivity contribution < 1.29 is 0 Å². The third-order valence-electron chi connectivity index (χ3n) is 3.12. The van der Waals surface area contributed by atoms with Gasteiger partial charge in [0.05, 0.1) is 0 Å². The van der Waals surface area contributed by atoms with Gasteiger partial charge in [-0.2, -0.15) is 0 Å². The Bertz CT molecular complexity index is 96.2. The van der Waals surface area contributed by atoms with Crippen molar-refractivity contribution in [3.05, 3.63) is 0 Å². The van der Waals surface area contributed by atoms with E-state index in [9.17, 15) is 0 Å². The molecule has 0 radical (unpaired) electrons. The fourth-order valence-corrected chi connectivity index (χ4v) is 2.28. The first-order valence-corrected chi connectivity index (χ1v) is 5.33. The minimum atomic E-state index is 1.00. The second kappa shape index (κ2) is 4.79. The van der Waals surface area contributed by atoms with Gasteiger partial charge in [0.25, 0.3) is 0 Å². The summed E-state index contributed by atoms with van der Waals surface area (Å²) in [6.45, 7) is 4.77. The Labute approximate surface area is 71.4 Å². The highest BCUT2D eigenvalue weighted by Gasteiger charge is 2.13. The molecule has 0 aliphatic heterocycles. The summed E-state index contributed by atoms with van der Waals surface area (Å²) in [5, 5.41) is 0. The molecule has 0 heterocycles. The lowest BCUT2D eigenvalue weighted by Crippen LogP contribution is -2.08. The zero-order valence-electron chi connectivity index (χ0n) is 8.10. The quantitative estimate of drug-likeness (QED) is 0.535. The first-order chi connectivity index (χ1) is 5.33. The van der Waals surface area contributed by atoms with E-state index in [1.807, 2.05) is 0 Å². The van der Waals surface area contributed by atoms with Crippen LogP contribution in [0.1, 0.15) is 58.8 Å². The smallest absolute Gasteiger partial charge is 0.0414 e. The highest BCUT2D eigenvalue weighted by Crippen LogP contribution is 2.27. The van der Waals surface area contributed by atoms with Crippen LogP contribution in [0.15, 0.2) is 0 Å². The largest absolute Gasteiger partial charge is 0.0651 e. The highest BCUT2D eigenvalue weighted by molar-refractivity contribution is 4.66. The van der Waals surface area contributed by atoms with Crippen molar-refractivity contribution in [3.63, 3.8) is 0 Å². The topological polar surface area (TPSA) is 0 Å². The first-order valence-electron chi connectivity index (χ1n) is 5.33. The third-order valence-corrected chi connectivity index (χ3v) is 3.12.